The van der Waals surface area contributed by atoms with E-state index in [1.54, 1.807) is 31.4 Å². The third-order valence-electron chi connectivity index (χ3n) is 4.09. The summed E-state index contributed by atoms with van der Waals surface area (Å²) < 4.78 is 10.5. The van der Waals surface area contributed by atoms with Gasteiger partial charge in [-0.1, -0.05) is 11.6 Å². The number of benzene rings is 2. The maximum atomic E-state index is 12.6. The Balaban J connectivity index is 2.32. The zero-order valence-corrected chi connectivity index (χ0v) is 15.9. The van der Waals surface area contributed by atoms with Crippen molar-refractivity contribution in [2.45, 2.75) is 20.3 Å². The molecule has 0 aliphatic heterocycles. The average Bonchev–Trinajstić information content (AvgIpc) is 2.65. The summed E-state index contributed by atoms with van der Waals surface area (Å²) in [7, 11) is 3.10. The number of hydrogen-bond donors (Lipinski definition) is 2. The number of rotatable bonds is 7. The Morgan fingerprint density at radius 3 is 2.44 bits per heavy atom. The second-order valence-corrected chi connectivity index (χ2v) is 6.25. The summed E-state index contributed by atoms with van der Waals surface area (Å²) in [5.41, 5.74) is 2.22. The second-order valence-electron chi connectivity index (χ2n) is 6.25. The molecule has 0 radical (unpaired) electrons. The largest absolute Gasteiger partial charge is 0.508 e. The van der Waals surface area contributed by atoms with Gasteiger partial charge in [-0.3, -0.25) is 4.79 Å². The van der Waals surface area contributed by atoms with Crippen molar-refractivity contribution in [3.05, 3.63) is 64.7 Å². The Morgan fingerprint density at radius 1 is 1.07 bits per heavy atom. The van der Waals surface area contributed by atoms with Gasteiger partial charge in [0.1, 0.15) is 23.0 Å². The Morgan fingerprint density at radius 2 is 1.81 bits per heavy atom. The van der Waals surface area contributed by atoms with Crippen molar-refractivity contribution in [3.8, 4) is 23.0 Å². The molecule has 0 atom stereocenters. The molecule has 0 heterocycles. The van der Waals surface area contributed by atoms with Gasteiger partial charge in [-0.05, 0) is 56.7 Å². The van der Waals surface area contributed by atoms with Crippen molar-refractivity contribution in [3.63, 3.8) is 0 Å². The third kappa shape index (κ3) is 4.91. The smallest absolute Gasteiger partial charge is 0.189 e. The Bertz CT molecular complexity index is 890. The lowest BCUT2D eigenvalue weighted by atomic mass is 10.0. The first-order valence-corrected chi connectivity index (χ1v) is 8.49. The minimum Gasteiger partial charge on any atom is -0.508 e. The van der Waals surface area contributed by atoms with Gasteiger partial charge in [0.15, 0.2) is 5.78 Å². The summed E-state index contributed by atoms with van der Waals surface area (Å²) in [5.74, 6) is 0.600. The van der Waals surface area contributed by atoms with E-state index >= 15 is 0 Å². The maximum absolute atomic E-state index is 12.6. The summed E-state index contributed by atoms with van der Waals surface area (Å²) >= 11 is 0. The predicted octanol–water partition coefficient (Wildman–Crippen LogP) is 4.52. The number of carbonyl (C=O) groups is 1. The molecule has 0 aromatic heterocycles. The zero-order valence-electron chi connectivity index (χ0n) is 15.9. The van der Waals surface area contributed by atoms with Crippen LogP contribution in [0.1, 0.15) is 35.3 Å². The van der Waals surface area contributed by atoms with Crippen LogP contribution in [0.4, 0.5) is 0 Å². The Hall–Kier alpha value is -3.21. The van der Waals surface area contributed by atoms with Gasteiger partial charge in [0.05, 0.1) is 19.8 Å². The molecule has 0 fully saturated rings. The van der Waals surface area contributed by atoms with Crippen molar-refractivity contribution in [1.29, 1.82) is 0 Å². The van der Waals surface area contributed by atoms with Crippen molar-refractivity contribution in [1.82, 2.24) is 0 Å². The van der Waals surface area contributed by atoms with Gasteiger partial charge in [-0.15, -0.1) is 0 Å². The highest BCUT2D eigenvalue weighted by Gasteiger charge is 2.15. The number of hydrogen-bond acceptors (Lipinski definition) is 5. The number of ether oxygens (including phenoxy) is 2. The van der Waals surface area contributed by atoms with Crippen LogP contribution >= 0.6 is 0 Å². The van der Waals surface area contributed by atoms with Crippen LogP contribution in [0.3, 0.4) is 0 Å². The van der Waals surface area contributed by atoms with E-state index in [0.29, 0.717) is 29.0 Å². The summed E-state index contributed by atoms with van der Waals surface area (Å²) in [5, 5.41) is 20.4. The molecule has 142 valence electrons. The molecular weight excluding hydrogens is 344 g/mol. The minimum absolute atomic E-state index is 0.0395. The monoisotopic (exact) mass is 368 g/mol. The van der Waals surface area contributed by atoms with Gasteiger partial charge in [0.2, 0.25) is 0 Å². The first-order chi connectivity index (χ1) is 12.9. The quantitative estimate of drug-likeness (QED) is 0.427. The molecule has 2 aromatic carbocycles. The fourth-order valence-electron chi connectivity index (χ4n) is 2.54. The molecule has 0 aliphatic rings. The van der Waals surface area contributed by atoms with E-state index in [1.807, 2.05) is 19.9 Å². The number of allylic oxidation sites excluding steroid dienone is 3. The standard InChI is InChI=1S/C22H24O5/c1-14(2)5-9-17-20(24)12-10-18(22(17)25)19(23)11-7-15-6-8-16(26-3)13-21(15)27-4/h5-8,10-13,24-25H,9H2,1-4H3/b11-7+. The van der Waals surface area contributed by atoms with Crippen molar-refractivity contribution in [2.75, 3.05) is 14.2 Å². The van der Waals surface area contributed by atoms with Crippen LogP contribution in [0.25, 0.3) is 6.08 Å². The van der Waals surface area contributed by atoms with Crippen LogP contribution in [0, 0.1) is 0 Å². The maximum Gasteiger partial charge on any atom is 0.189 e. The van der Waals surface area contributed by atoms with E-state index in [-0.39, 0.29) is 22.8 Å². The first kappa shape index (κ1) is 20.1. The van der Waals surface area contributed by atoms with E-state index in [1.165, 1.54) is 25.3 Å². The summed E-state index contributed by atoms with van der Waals surface area (Å²) in [4.78, 5) is 12.6. The molecule has 5 heteroatoms. The van der Waals surface area contributed by atoms with E-state index in [4.69, 9.17) is 9.47 Å². The second kappa shape index (κ2) is 8.94. The van der Waals surface area contributed by atoms with E-state index in [9.17, 15) is 15.0 Å². The van der Waals surface area contributed by atoms with Gasteiger partial charge in [-0.2, -0.15) is 0 Å². The summed E-state index contributed by atoms with van der Waals surface area (Å²) in [6.45, 7) is 3.85. The number of ketones is 1. The number of phenols is 2. The van der Waals surface area contributed by atoms with Crippen molar-refractivity contribution < 1.29 is 24.5 Å². The molecule has 0 saturated carbocycles. The molecule has 2 aromatic rings. The Labute approximate surface area is 159 Å². The number of carbonyl (C=O) groups excluding carboxylic acids is 1. The van der Waals surface area contributed by atoms with Crippen LogP contribution in [0.5, 0.6) is 23.0 Å². The normalized spacial score (nSPS) is 10.7. The number of aromatic hydroxyl groups is 2. The van der Waals surface area contributed by atoms with Gasteiger partial charge in [-0.25, -0.2) is 0 Å². The fourth-order valence-corrected chi connectivity index (χ4v) is 2.54. The molecule has 2 N–H and O–H groups in total. The van der Waals surface area contributed by atoms with Crippen LogP contribution < -0.4 is 9.47 Å². The molecule has 2 rings (SSSR count). The molecule has 0 bridgehead atoms. The van der Waals surface area contributed by atoms with Crippen LogP contribution in [-0.4, -0.2) is 30.2 Å². The fraction of sp³-hybridized carbons (Fsp3) is 0.227. The average molecular weight is 368 g/mol. The molecule has 27 heavy (non-hydrogen) atoms. The van der Waals surface area contributed by atoms with Crippen LogP contribution in [0.2, 0.25) is 0 Å². The first-order valence-electron chi connectivity index (χ1n) is 8.49. The van der Waals surface area contributed by atoms with E-state index in [2.05, 4.69) is 0 Å². The Kier molecular flexibility index (Phi) is 6.66. The number of phenolic OH excluding ortho intramolecular Hbond substituents is 2. The third-order valence-corrected chi connectivity index (χ3v) is 4.09. The molecule has 0 unspecified atom stereocenters. The lowest BCUT2D eigenvalue weighted by Crippen LogP contribution is -1.98. The lowest BCUT2D eigenvalue weighted by Gasteiger charge is -2.09. The predicted molar refractivity (Wildman–Crippen MR) is 106 cm³/mol. The molecule has 5 nitrogen and oxygen atoms in total. The molecule has 0 saturated heterocycles. The van der Waals surface area contributed by atoms with Crippen molar-refractivity contribution in [2.24, 2.45) is 0 Å². The van der Waals surface area contributed by atoms with Gasteiger partial charge in [0, 0.05) is 17.2 Å². The SMILES string of the molecule is COc1ccc(/C=C/C(=O)c2ccc(O)c(CC=C(C)C)c2O)c(OC)c1. The summed E-state index contributed by atoms with van der Waals surface area (Å²) in [6, 6.07) is 8.10. The summed E-state index contributed by atoms with van der Waals surface area (Å²) in [6.07, 6.45) is 5.20. The highest BCUT2D eigenvalue weighted by molar-refractivity contribution is 6.09. The molecule has 0 aliphatic carbocycles. The molecule has 0 spiro atoms. The van der Waals surface area contributed by atoms with Gasteiger partial charge >= 0.3 is 0 Å². The minimum atomic E-state index is -0.371. The van der Waals surface area contributed by atoms with Crippen LogP contribution in [0.15, 0.2) is 48.1 Å². The topological polar surface area (TPSA) is 76.0 Å². The molecule has 0 amide bonds. The van der Waals surface area contributed by atoms with Crippen LogP contribution in [-0.2, 0) is 6.42 Å². The highest BCUT2D eigenvalue weighted by Crippen LogP contribution is 2.32. The molecular formula is C22H24O5. The van der Waals surface area contributed by atoms with Crippen molar-refractivity contribution >= 4 is 11.9 Å². The van der Waals surface area contributed by atoms with Gasteiger partial charge in [0.25, 0.3) is 0 Å². The van der Waals surface area contributed by atoms with E-state index < -0.39 is 0 Å². The number of methoxy groups -OCH3 is 2. The van der Waals surface area contributed by atoms with E-state index in [0.717, 1.165) is 5.57 Å². The van der Waals surface area contributed by atoms with Gasteiger partial charge < -0.3 is 19.7 Å². The lowest BCUT2D eigenvalue weighted by molar-refractivity contribution is 0.104. The highest BCUT2D eigenvalue weighted by atomic mass is 16.5. The zero-order chi connectivity index (χ0) is 20.0.